The molecule has 1 aromatic rings. The van der Waals surface area contributed by atoms with Crippen LogP contribution in [0, 0.1) is 12.8 Å². The van der Waals surface area contributed by atoms with Gasteiger partial charge in [0.25, 0.3) is 0 Å². The highest BCUT2D eigenvalue weighted by atomic mass is 15.1. The van der Waals surface area contributed by atoms with E-state index in [1.165, 1.54) is 17.8 Å². The van der Waals surface area contributed by atoms with Gasteiger partial charge in [0.2, 0.25) is 0 Å². The summed E-state index contributed by atoms with van der Waals surface area (Å²) in [5.74, 6) is 0.674. The lowest BCUT2D eigenvalue weighted by atomic mass is 9.95. The van der Waals surface area contributed by atoms with Crippen molar-refractivity contribution < 1.29 is 0 Å². The average molecular weight is 165 g/mol. The number of fused-ring (bicyclic) bond motifs is 1. The molecule has 1 aromatic heterocycles. The lowest BCUT2D eigenvalue weighted by Crippen LogP contribution is -2.25. The van der Waals surface area contributed by atoms with E-state index in [9.17, 15) is 0 Å². The number of aryl methyl sites for hydroxylation is 2. The van der Waals surface area contributed by atoms with Crippen LogP contribution in [0.25, 0.3) is 0 Å². The molecular formula is C9H15N3. The van der Waals surface area contributed by atoms with Crippen LogP contribution in [0.3, 0.4) is 0 Å². The van der Waals surface area contributed by atoms with E-state index >= 15 is 0 Å². The Bertz CT molecular complexity index is 277. The summed E-state index contributed by atoms with van der Waals surface area (Å²) in [6.45, 7) is 3.98. The Morgan fingerprint density at radius 1 is 1.75 bits per heavy atom. The maximum absolute atomic E-state index is 5.65. The first-order valence-electron chi connectivity index (χ1n) is 4.52. The Balaban J connectivity index is 2.26. The normalized spacial score (nSPS) is 22.3. The first kappa shape index (κ1) is 7.80. The second-order valence-electron chi connectivity index (χ2n) is 3.56. The first-order valence-corrected chi connectivity index (χ1v) is 4.52. The highest BCUT2D eigenvalue weighted by Gasteiger charge is 2.18. The van der Waals surface area contributed by atoms with Crippen LogP contribution in [-0.4, -0.2) is 16.1 Å². The quantitative estimate of drug-likeness (QED) is 0.666. The fraction of sp³-hybridized carbons (Fsp3) is 0.667. The zero-order valence-electron chi connectivity index (χ0n) is 7.45. The molecule has 1 atom stereocenters. The van der Waals surface area contributed by atoms with Gasteiger partial charge in [0, 0.05) is 12.2 Å². The van der Waals surface area contributed by atoms with Gasteiger partial charge in [0.05, 0.1) is 12.0 Å². The van der Waals surface area contributed by atoms with Gasteiger partial charge in [-0.25, -0.2) is 4.98 Å². The summed E-state index contributed by atoms with van der Waals surface area (Å²) in [4.78, 5) is 4.29. The summed E-state index contributed by atoms with van der Waals surface area (Å²) in [6, 6.07) is 0. The van der Waals surface area contributed by atoms with Gasteiger partial charge in [-0.15, -0.1) is 0 Å². The Hall–Kier alpha value is -0.830. The average Bonchev–Trinajstić information content (AvgIpc) is 2.47. The minimum absolute atomic E-state index is 0.674. The Morgan fingerprint density at radius 3 is 3.33 bits per heavy atom. The molecule has 0 amide bonds. The summed E-state index contributed by atoms with van der Waals surface area (Å²) >= 11 is 0. The van der Waals surface area contributed by atoms with Crippen LogP contribution in [0.5, 0.6) is 0 Å². The number of hydrogen-bond donors (Lipinski definition) is 1. The van der Waals surface area contributed by atoms with Crippen molar-refractivity contribution in [1.82, 2.24) is 9.55 Å². The summed E-state index contributed by atoms with van der Waals surface area (Å²) in [7, 11) is 0. The molecule has 0 spiro atoms. The molecule has 1 unspecified atom stereocenters. The number of aromatic nitrogens is 2. The van der Waals surface area contributed by atoms with E-state index in [-0.39, 0.29) is 0 Å². The first-order chi connectivity index (χ1) is 5.81. The van der Waals surface area contributed by atoms with Gasteiger partial charge in [-0.1, -0.05) is 0 Å². The van der Waals surface area contributed by atoms with Crippen molar-refractivity contribution >= 4 is 0 Å². The van der Waals surface area contributed by atoms with Crippen molar-refractivity contribution in [2.45, 2.75) is 26.3 Å². The number of nitrogens with two attached hydrogens (primary N) is 1. The van der Waals surface area contributed by atoms with Crippen molar-refractivity contribution in [2.24, 2.45) is 11.7 Å². The molecule has 1 aliphatic rings. The number of hydrogen-bond acceptors (Lipinski definition) is 2. The van der Waals surface area contributed by atoms with Crippen molar-refractivity contribution in [3.05, 3.63) is 17.7 Å². The topological polar surface area (TPSA) is 43.8 Å². The standard InChI is InChI=1S/C9H15N3/c1-7-9-4-8(5-10)2-3-12(9)6-11-7/h6,8H,2-5,10H2,1H3. The molecule has 0 aliphatic carbocycles. The van der Waals surface area contributed by atoms with E-state index in [1.807, 2.05) is 6.33 Å². The molecule has 0 bridgehead atoms. The lowest BCUT2D eigenvalue weighted by molar-refractivity contribution is 0.395. The number of rotatable bonds is 1. The van der Waals surface area contributed by atoms with Crippen LogP contribution in [0.2, 0.25) is 0 Å². The van der Waals surface area contributed by atoms with E-state index in [0.717, 1.165) is 19.5 Å². The molecule has 0 saturated heterocycles. The van der Waals surface area contributed by atoms with Gasteiger partial charge in [0.15, 0.2) is 0 Å². The molecule has 2 heterocycles. The summed E-state index contributed by atoms with van der Waals surface area (Å²) < 4.78 is 2.25. The van der Waals surface area contributed by atoms with Crippen LogP contribution < -0.4 is 5.73 Å². The molecule has 0 aromatic carbocycles. The molecule has 0 radical (unpaired) electrons. The molecule has 3 heteroatoms. The lowest BCUT2D eigenvalue weighted by Gasteiger charge is -2.22. The van der Waals surface area contributed by atoms with Crippen LogP contribution in [0.1, 0.15) is 17.8 Å². The van der Waals surface area contributed by atoms with Gasteiger partial charge in [-0.05, 0) is 32.2 Å². The van der Waals surface area contributed by atoms with Crippen molar-refractivity contribution in [3.63, 3.8) is 0 Å². The fourth-order valence-corrected chi connectivity index (χ4v) is 1.86. The van der Waals surface area contributed by atoms with Crippen molar-refractivity contribution in [1.29, 1.82) is 0 Å². The van der Waals surface area contributed by atoms with E-state index in [2.05, 4.69) is 16.5 Å². The van der Waals surface area contributed by atoms with E-state index in [4.69, 9.17) is 5.73 Å². The van der Waals surface area contributed by atoms with E-state index < -0.39 is 0 Å². The smallest absolute Gasteiger partial charge is 0.0951 e. The monoisotopic (exact) mass is 165 g/mol. The second-order valence-corrected chi connectivity index (χ2v) is 3.56. The highest BCUT2D eigenvalue weighted by molar-refractivity contribution is 5.13. The number of nitrogens with zero attached hydrogens (tertiary/aromatic N) is 2. The maximum atomic E-state index is 5.65. The molecular weight excluding hydrogens is 150 g/mol. The minimum atomic E-state index is 0.674. The van der Waals surface area contributed by atoms with E-state index in [1.54, 1.807) is 0 Å². The summed E-state index contributed by atoms with van der Waals surface area (Å²) in [5.41, 5.74) is 8.21. The molecule has 1 aliphatic heterocycles. The van der Waals surface area contributed by atoms with Gasteiger partial charge < -0.3 is 10.3 Å². The van der Waals surface area contributed by atoms with Crippen LogP contribution >= 0.6 is 0 Å². The van der Waals surface area contributed by atoms with Crippen LogP contribution in [0.15, 0.2) is 6.33 Å². The number of imidazole rings is 1. The third kappa shape index (κ3) is 1.14. The van der Waals surface area contributed by atoms with Gasteiger partial charge >= 0.3 is 0 Å². The minimum Gasteiger partial charge on any atom is -0.334 e. The highest BCUT2D eigenvalue weighted by Crippen LogP contribution is 2.21. The molecule has 0 saturated carbocycles. The van der Waals surface area contributed by atoms with Crippen molar-refractivity contribution in [3.8, 4) is 0 Å². The van der Waals surface area contributed by atoms with Crippen LogP contribution in [-0.2, 0) is 13.0 Å². The fourth-order valence-electron chi connectivity index (χ4n) is 1.86. The Labute approximate surface area is 72.6 Å². The molecule has 0 fully saturated rings. The maximum Gasteiger partial charge on any atom is 0.0951 e. The summed E-state index contributed by atoms with van der Waals surface area (Å²) in [6.07, 6.45) is 4.26. The molecule has 12 heavy (non-hydrogen) atoms. The predicted molar refractivity (Wildman–Crippen MR) is 47.8 cm³/mol. The molecule has 66 valence electrons. The third-order valence-electron chi connectivity index (χ3n) is 2.75. The second kappa shape index (κ2) is 2.90. The largest absolute Gasteiger partial charge is 0.334 e. The molecule has 3 nitrogen and oxygen atoms in total. The van der Waals surface area contributed by atoms with Crippen molar-refractivity contribution in [2.75, 3.05) is 6.54 Å². The zero-order valence-corrected chi connectivity index (χ0v) is 7.45. The molecule has 2 N–H and O–H groups in total. The van der Waals surface area contributed by atoms with Crippen LogP contribution in [0.4, 0.5) is 0 Å². The third-order valence-corrected chi connectivity index (χ3v) is 2.75. The predicted octanol–water partition coefficient (Wildman–Crippen LogP) is 0.713. The molecule has 2 rings (SSSR count). The zero-order chi connectivity index (χ0) is 8.55. The summed E-state index contributed by atoms with van der Waals surface area (Å²) in [5, 5.41) is 0. The van der Waals surface area contributed by atoms with Gasteiger partial charge in [-0.3, -0.25) is 0 Å². The van der Waals surface area contributed by atoms with Gasteiger partial charge in [0.1, 0.15) is 0 Å². The SMILES string of the molecule is Cc1ncn2c1CC(CN)CC2. The van der Waals surface area contributed by atoms with E-state index in [0.29, 0.717) is 5.92 Å². The Kier molecular flexibility index (Phi) is 1.89. The van der Waals surface area contributed by atoms with Gasteiger partial charge in [-0.2, -0.15) is 0 Å². The Morgan fingerprint density at radius 2 is 2.58 bits per heavy atom.